The third kappa shape index (κ3) is 2.94. The van der Waals surface area contributed by atoms with E-state index in [-0.39, 0.29) is 17.6 Å². The lowest BCUT2D eigenvalue weighted by molar-refractivity contribution is -0.125. The molecule has 7 heteroatoms. The minimum Gasteiger partial charge on any atom is -0.508 e. The molecule has 0 saturated heterocycles. The Morgan fingerprint density at radius 3 is 2.93 bits per heavy atom. The third-order valence-corrected chi connectivity index (χ3v) is 5.69. The number of hydrogen-bond donors (Lipinski definition) is 2. The van der Waals surface area contributed by atoms with E-state index in [4.69, 9.17) is 0 Å². The highest BCUT2D eigenvalue weighted by atomic mass is 32.1. The molecule has 4 rings (SSSR count). The zero-order valence-corrected chi connectivity index (χ0v) is 15.3. The van der Waals surface area contributed by atoms with Gasteiger partial charge in [0.2, 0.25) is 11.0 Å². The van der Waals surface area contributed by atoms with E-state index in [2.05, 4.69) is 21.6 Å². The van der Waals surface area contributed by atoms with Crippen molar-refractivity contribution in [2.45, 2.75) is 19.3 Å². The fourth-order valence-electron chi connectivity index (χ4n) is 3.87. The van der Waals surface area contributed by atoms with Crippen LogP contribution in [-0.2, 0) is 11.2 Å². The van der Waals surface area contributed by atoms with E-state index in [1.165, 1.54) is 11.3 Å². The van der Waals surface area contributed by atoms with E-state index in [1.807, 2.05) is 25.1 Å². The van der Waals surface area contributed by atoms with E-state index in [9.17, 15) is 15.2 Å². The van der Waals surface area contributed by atoms with Crippen molar-refractivity contribution >= 4 is 22.4 Å². The van der Waals surface area contributed by atoms with E-state index >= 15 is 0 Å². The summed E-state index contributed by atoms with van der Waals surface area (Å²) in [6, 6.07) is 14.6. The molecule has 1 amide bonds. The van der Waals surface area contributed by atoms with Gasteiger partial charge in [0, 0.05) is 5.92 Å². The van der Waals surface area contributed by atoms with Gasteiger partial charge in [-0.1, -0.05) is 29.5 Å². The molecule has 0 radical (unpaired) electrons. The van der Waals surface area contributed by atoms with Crippen molar-refractivity contribution in [3.05, 3.63) is 70.2 Å². The van der Waals surface area contributed by atoms with Crippen LogP contribution in [0.25, 0.3) is 0 Å². The highest BCUT2D eigenvalue weighted by molar-refractivity contribution is 7.13. The zero-order chi connectivity index (χ0) is 19.0. The second-order valence-corrected chi connectivity index (χ2v) is 7.68. The maximum Gasteiger partial charge on any atom is 0.233 e. The second kappa shape index (κ2) is 6.49. The Morgan fingerprint density at radius 2 is 2.22 bits per heavy atom. The van der Waals surface area contributed by atoms with Crippen LogP contribution in [-0.4, -0.2) is 21.2 Å². The highest BCUT2D eigenvalue weighted by Gasteiger charge is 2.49. The van der Waals surface area contributed by atoms with Gasteiger partial charge >= 0.3 is 0 Å². The Balaban J connectivity index is 1.83. The average Bonchev–Trinajstić information content (AvgIpc) is 3.26. The smallest absolute Gasteiger partial charge is 0.233 e. The number of anilines is 1. The standard InChI is InChI=1S/C20H16N4O2S/c1-20(18(26)23-19-24-22-11-27-19)9-14-6-5-12(10-21)7-16(14)17(20)13-3-2-4-15(25)8-13/h2-8,11,17,25H,9H2,1H3,(H,23,24,26). The number of phenols is 1. The number of nitrogens with one attached hydrogen (secondary N) is 1. The predicted molar refractivity (Wildman–Crippen MR) is 101 cm³/mol. The molecule has 2 aromatic carbocycles. The Morgan fingerprint density at radius 1 is 1.37 bits per heavy atom. The lowest BCUT2D eigenvalue weighted by Gasteiger charge is -2.31. The molecule has 6 nitrogen and oxygen atoms in total. The van der Waals surface area contributed by atoms with Crippen molar-refractivity contribution in [3.63, 3.8) is 0 Å². The fourth-order valence-corrected chi connectivity index (χ4v) is 4.31. The molecule has 1 heterocycles. The molecule has 1 aliphatic rings. The fraction of sp³-hybridized carbons (Fsp3) is 0.200. The van der Waals surface area contributed by atoms with Gasteiger partial charge in [-0.2, -0.15) is 5.26 Å². The van der Waals surface area contributed by atoms with Crippen LogP contribution in [0.2, 0.25) is 0 Å². The highest BCUT2D eigenvalue weighted by Crippen LogP contribution is 2.51. The normalized spacial score (nSPS) is 20.7. The number of hydrogen-bond acceptors (Lipinski definition) is 6. The molecule has 27 heavy (non-hydrogen) atoms. The minimum atomic E-state index is -0.796. The summed E-state index contributed by atoms with van der Waals surface area (Å²) in [4.78, 5) is 13.2. The number of nitriles is 1. The molecule has 2 unspecified atom stereocenters. The first-order valence-corrected chi connectivity index (χ1v) is 9.29. The largest absolute Gasteiger partial charge is 0.508 e. The quantitative estimate of drug-likeness (QED) is 0.729. The number of nitrogens with zero attached hydrogens (tertiary/aromatic N) is 3. The van der Waals surface area contributed by atoms with Gasteiger partial charge in [-0.25, -0.2) is 0 Å². The zero-order valence-electron chi connectivity index (χ0n) is 14.5. The van der Waals surface area contributed by atoms with Crippen LogP contribution in [0.1, 0.15) is 35.1 Å². The predicted octanol–water partition coefficient (Wildman–Crippen LogP) is 3.45. The molecular weight excluding hydrogens is 360 g/mol. The Kier molecular flexibility index (Phi) is 4.13. The van der Waals surface area contributed by atoms with Gasteiger partial charge in [0.15, 0.2) is 0 Å². The van der Waals surface area contributed by atoms with Gasteiger partial charge in [-0.05, 0) is 54.3 Å². The van der Waals surface area contributed by atoms with Gasteiger partial charge in [-0.3, -0.25) is 4.79 Å². The van der Waals surface area contributed by atoms with Crippen molar-refractivity contribution < 1.29 is 9.90 Å². The molecule has 134 valence electrons. The van der Waals surface area contributed by atoms with Crippen molar-refractivity contribution in [3.8, 4) is 11.8 Å². The van der Waals surface area contributed by atoms with Crippen molar-refractivity contribution in [1.82, 2.24) is 10.2 Å². The van der Waals surface area contributed by atoms with Gasteiger partial charge in [-0.15, -0.1) is 10.2 Å². The average molecular weight is 376 g/mol. The van der Waals surface area contributed by atoms with Crippen LogP contribution in [0.4, 0.5) is 5.13 Å². The summed E-state index contributed by atoms with van der Waals surface area (Å²) in [6.45, 7) is 1.91. The molecule has 0 spiro atoms. The summed E-state index contributed by atoms with van der Waals surface area (Å²) in [6.07, 6.45) is 0.527. The maximum atomic E-state index is 13.2. The Labute approximate surface area is 160 Å². The lowest BCUT2D eigenvalue weighted by atomic mass is 9.73. The van der Waals surface area contributed by atoms with E-state index in [0.717, 1.165) is 16.7 Å². The lowest BCUT2D eigenvalue weighted by Crippen LogP contribution is -2.37. The Bertz CT molecular complexity index is 1060. The molecule has 2 atom stereocenters. The van der Waals surface area contributed by atoms with Crippen molar-refractivity contribution in [2.75, 3.05) is 5.32 Å². The third-order valence-electron chi connectivity index (χ3n) is 5.08. The number of aromatic hydroxyl groups is 1. The van der Waals surface area contributed by atoms with Crippen molar-refractivity contribution in [2.24, 2.45) is 5.41 Å². The van der Waals surface area contributed by atoms with Crippen LogP contribution in [0.15, 0.2) is 48.0 Å². The van der Waals surface area contributed by atoms with Gasteiger partial charge in [0.05, 0.1) is 17.0 Å². The van der Waals surface area contributed by atoms with Gasteiger partial charge in [0.25, 0.3) is 0 Å². The summed E-state index contributed by atoms with van der Waals surface area (Å²) in [7, 11) is 0. The summed E-state index contributed by atoms with van der Waals surface area (Å²) in [5, 5.41) is 30.2. The van der Waals surface area contributed by atoms with Crippen LogP contribution in [0, 0.1) is 16.7 Å². The first-order valence-electron chi connectivity index (χ1n) is 8.41. The van der Waals surface area contributed by atoms with Gasteiger partial charge < -0.3 is 10.4 Å². The molecule has 0 bridgehead atoms. The summed E-state index contributed by atoms with van der Waals surface area (Å²) in [5.74, 6) is -0.313. The minimum absolute atomic E-state index is 0.143. The summed E-state index contributed by atoms with van der Waals surface area (Å²) in [5.41, 5.74) is 4.11. The first kappa shape index (κ1) is 17.2. The van der Waals surface area contributed by atoms with Crippen molar-refractivity contribution in [1.29, 1.82) is 5.26 Å². The maximum absolute atomic E-state index is 13.2. The van der Waals surface area contributed by atoms with E-state index < -0.39 is 5.41 Å². The second-order valence-electron chi connectivity index (χ2n) is 6.85. The molecule has 2 N–H and O–H groups in total. The van der Waals surface area contributed by atoms with E-state index in [1.54, 1.807) is 29.8 Å². The molecule has 0 saturated carbocycles. The number of benzene rings is 2. The molecule has 0 aliphatic heterocycles. The molecule has 3 aromatic rings. The monoisotopic (exact) mass is 376 g/mol. The molecule has 1 aromatic heterocycles. The molecular formula is C20H16N4O2S. The number of fused-ring (bicyclic) bond motifs is 1. The molecule has 1 aliphatic carbocycles. The number of carbonyl (C=O) groups excluding carboxylic acids is 1. The van der Waals surface area contributed by atoms with E-state index in [0.29, 0.717) is 17.1 Å². The number of rotatable bonds is 3. The topological polar surface area (TPSA) is 98.9 Å². The Hall–Kier alpha value is -3.24. The number of phenolic OH excluding ortho intramolecular Hbond substituents is 1. The van der Waals surface area contributed by atoms with Gasteiger partial charge in [0.1, 0.15) is 11.3 Å². The van der Waals surface area contributed by atoms with Crippen LogP contribution in [0.3, 0.4) is 0 Å². The van der Waals surface area contributed by atoms with Crippen LogP contribution >= 0.6 is 11.3 Å². The van der Waals surface area contributed by atoms with Crippen LogP contribution < -0.4 is 5.32 Å². The molecule has 0 fully saturated rings. The number of carbonyl (C=O) groups is 1. The summed E-state index contributed by atoms with van der Waals surface area (Å²) >= 11 is 1.26. The number of amides is 1. The first-order chi connectivity index (χ1) is 13.0. The number of aromatic nitrogens is 2. The summed E-state index contributed by atoms with van der Waals surface area (Å²) < 4.78 is 0. The SMILES string of the molecule is CC1(C(=O)Nc2nncs2)Cc2ccc(C#N)cc2C1c1cccc(O)c1. The van der Waals surface area contributed by atoms with Crippen LogP contribution in [0.5, 0.6) is 5.75 Å².